The first-order valence-corrected chi connectivity index (χ1v) is 8.02. The number of hydrogen-bond acceptors (Lipinski definition) is 2. The lowest BCUT2D eigenvalue weighted by Crippen LogP contribution is -2.25. The Hall–Kier alpha value is -2.14. The number of benzene rings is 1. The van der Waals surface area contributed by atoms with E-state index in [9.17, 15) is 9.18 Å². The van der Waals surface area contributed by atoms with E-state index in [4.69, 9.17) is 0 Å². The summed E-state index contributed by atoms with van der Waals surface area (Å²) in [4.78, 5) is 13.5. The average Bonchev–Trinajstić information content (AvgIpc) is 2.97. The molecule has 114 valence electrons. The summed E-state index contributed by atoms with van der Waals surface area (Å²) in [7, 11) is 0. The van der Waals surface area contributed by atoms with E-state index in [-0.39, 0.29) is 11.7 Å². The molecule has 1 amide bonds. The Morgan fingerprint density at radius 1 is 1.32 bits per heavy atom. The van der Waals surface area contributed by atoms with E-state index in [2.05, 4.69) is 11.4 Å². The van der Waals surface area contributed by atoms with Crippen LogP contribution in [0, 0.1) is 12.7 Å². The third-order valence-corrected chi connectivity index (χ3v) is 4.50. The summed E-state index contributed by atoms with van der Waals surface area (Å²) in [6, 6.07) is 10.5. The maximum atomic E-state index is 13.4. The molecule has 0 atom stereocenters. The number of hydrogen-bond donors (Lipinski definition) is 1. The molecule has 0 bridgehead atoms. The van der Waals surface area contributed by atoms with Crippen molar-refractivity contribution < 1.29 is 9.18 Å². The second-order valence-electron chi connectivity index (χ2n) is 5.21. The fourth-order valence-electron chi connectivity index (χ4n) is 2.59. The highest BCUT2D eigenvalue weighted by Crippen LogP contribution is 2.29. The quantitative estimate of drug-likeness (QED) is 0.777. The molecule has 0 aliphatic rings. The van der Waals surface area contributed by atoms with Crippen molar-refractivity contribution in [2.24, 2.45) is 0 Å². The van der Waals surface area contributed by atoms with Gasteiger partial charge in [-0.25, -0.2) is 4.39 Å². The van der Waals surface area contributed by atoms with Crippen LogP contribution in [0.1, 0.15) is 27.9 Å². The molecule has 0 aliphatic carbocycles. The highest BCUT2D eigenvalue weighted by molar-refractivity contribution is 7.19. The van der Waals surface area contributed by atoms with E-state index in [1.807, 2.05) is 30.5 Å². The molecule has 0 radical (unpaired) electrons. The molecule has 1 aromatic carbocycles. The number of carbonyl (C=O) groups is 1. The van der Waals surface area contributed by atoms with E-state index >= 15 is 0 Å². The van der Waals surface area contributed by atoms with E-state index in [0.717, 1.165) is 15.8 Å². The summed E-state index contributed by atoms with van der Waals surface area (Å²) in [6.07, 6.45) is 0. The van der Waals surface area contributed by atoms with Crippen LogP contribution in [0.4, 0.5) is 4.39 Å². The van der Waals surface area contributed by atoms with Crippen LogP contribution in [0.25, 0.3) is 10.2 Å². The first-order chi connectivity index (χ1) is 10.6. The Bertz CT molecular complexity index is 834. The maximum Gasteiger partial charge on any atom is 0.267 e. The number of thiophene rings is 1. The maximum absolute atomic E-state index is 13.4. The highest BCUT2D eigenvalue weighted by Gasteiger charge is 2.17. The Balaban J connectivity index is 2.08. The van der Waals surface area contributed by atoms with E-state index in [1.165, 1.54) is 17.0 Å². The number of carbonyl (C=O) groups excluding carboxylic acids is 1. The molecular weight excluding hydrogens is 299 g/mol. The van der Waals surface area contributed by atoms with Crippen LogP contribution in [-0.4, -0.2) is 17.0 Å². The topological polar surface area (TPSA) is 34.0 Å². The summed E-state index contributed by atoms with van der Waals surface area (Å²) in [6.45, 7) is 4.99. The second-order valence-corrected chi connectivity index (χ2v) is 6.50. The van der Waals surface area contributed by atoms with Gasteiger partial charge in [-0.1, -0.05) is 12.1 Å². The van der Waals surface area contributed by atoms with Crippen molar-refractivity contribution in [3.8, 4) is 0 Å². The van der Waals surface area contributed by atoms with Gasteiger partial charge in [-0.3, -0.25) is 4.79 Å². The van der Waals surface area contributed by atoms with Gasteiger partial charge in [-0.15, -0.1) is 11.3 Å². The van der Waals surface area contributed by atoms with Crippen LogP contribution in [0.2, 0.25) is 0 Å². The minimum absolute atomic E-state index is 0.0973. The van der Waals surface area contributed by atoms with E-state index < -0.39 is 0 Å². The fraction of sp³-hybridized carbons (Fsp3) is 0.235. The highest BCUT2D eigenvalue weighted by atomic mass is 32.1. The number of aromatic nitrogens is 1. The second kappa shape index (κ2) is 5.93. The summed E-state index contributed by atoms with van der Waals surface area (Å²) in [5, 5.41) is 2.84. The molecule has 3 nitrogen and oxygen atoms in total. The van der Waals surface area contributed by atoms with Crippen molar-refractivity contribution in [2.75, 3.05) is 6.54 Å². The molecule has 1 N–H and O–H groups in total. The van der Waals surface area contributed by atoms with Crippen LogP contribution in [0.5, 0.6) is 0 Å². The molecule has 0 unspecified atom stereocenters. The summed E-state index contributed by atoms with van der Waals surface area (Å²) < 4.78 is 16.4. The SMILES string of the molecule is CCNC(=O)c1cc2sc(C)cc2n1Cc1cccc(F)c1. The van der Waals surface area contributed by atoms with Crippen LogP contribution < -0.4 is 5.32 Å². The predicted octanol–water partition coefficient (Wildman–Crippen LogP) is 3.95. The lowest BCUT2D eigenvalue weighted by molar-refractivity contribution is 0.0947. The molecule has 0 fully saturated rings. The van der Waals surface area contributed by atoms with Gasteiger partial charge in [0, 0.05) is 18.0 Å². The molecule has 3 aromatic rings. The minimum atomic E-state index is -0.262. The number of halogens is 1. The van der Waals surface area contributed by atoms with Crippen molar-refractivity contribution in [1.29, 1.82) is 0 Å². The number of aryl methyl sites for hydroxylation is 1. The van der Waals surface area contributed by atoms with E-state index in [1.54, 1.807) is 17.4 Å². The molecule has 0 aliphatic heterocycles. The van der Waals surface area contributed by atoms with Gasteiger partial charge < -0.3 is 9.88 Å². The first kappa shape index (κ1) is 14.8. The van der Waals surface area contributed by atoms with Crippen molar-refractivity contribution in [2.45, 2.75) is 20.4 Å². The normalized spacial score (nSPS) is 11.0. The molecule has 5 heteroatoms. The molecular formula is C17H17FN2OS. The summed E-state index contributed by atoms with van der Waals surface area (Å²) in [5.74, 6) is -0.359. The minimum Gasteiger partial charge on any atom is -0.351 e. The molecule has 0 spiro atoms. The molecule has 2 aromatic heterocycles. The summed E-state index contributed by atoms with van der Waals surface area (Å²) >= 11 is 1.66. The molecule has 0 saturated heterocycles. The van der Waals surface area contributed by atoms with Crippen LogP contribution in [-0.2, 0) is 6.54 Å². The van der Waals surface area contributed by atoms with Gasteiger partial charge >= 0.3 is 0 Å². The molecule has 22 heavy (non-hydrogen) atoms. The van der Waals surface area contributed by atoms with Crippen molar-refractivity contribution in [3.63, 3.8) is 0 Å². The molecule has 3 rings (SSSR count). The number of nitrogens with one attached hydrogen (secondary N) is 1. The first-order valence-electron chi connectivity index (χ1n) is 7.21. The van der Waals surface area contributed by atoms with Gasteiger partial charge in [-0.05, 0) is 43.7 Å². The zero-order valence-corrected chi connectivity index (χ0v) is 13.3. The number of rotatable bonds is 4. The lowest BCUT2D eigenvalue weighted by Gasteiger charge is -2.10. The Morgan fingerprint density at radius 3 is 2.86 bits per heavy atom. The van der Waals surface area contributed by atoms with Crippen LogP contribution in [0.15, 0.2) is 36.4 Å². The zero-order valence-electron chi connectivity index (χ0n) is 12.5. The van der Waals surface area contributed by atoms with Crippen LogP contribution >= 0.6 is 11.3 Å². The number of fused-ring (bicyclic) bond motifs is 1. The van der Waals surface area contributed by atoms with Gasteiger partial charge in [0.25, 0.3) is 5.91 Å². The molecule has 0 saturated carbocycles. The number of amides is 1. The third kappa shape index (κ3) is 2.76. The van der Waals surface area contributed by atoms with Gasteiger partial charge in [-0.2, -0.15) is 0 Å². The largest absolute Gasteiger partial charge is 0.351 e. The third-order valence-electron chi connectivity index (χ3n) is 3.51. The van der Waals surface area contributed by atoms with E-state index in [0.29, 0.717) is 18.8 Å². The van der Waals surface area contributed by atoms with Crippen LogP contribution in [0.3, 0.4) is 0 Å². The standard InChI is InChI=1S/C17H17FN2OS/c1-3-19-17(21)15-9-16-14(7-11(2)22-16)20(15)10-12-5-4-6-13(18)8-12/h4-9H,3,10H2,1-2H3,(H,19,21). The predicted molar refractivity (Wildman–Crippen MR) is 88.1 cm³/mol. The van der Waals surface area contributed by atoms with Gasteiger partial charge in [0.15, 0.2) is 0 Å². The number of nitrogens with zero attached hydrogens (tertiary/aromatic N) is 1. The average molecular weight is 316 g/mol. The van der Waals surface area contributed by atoms with Crippen molar-refractivity contribution in [1.82, 2.24) is 9.88 Å². The van der Waals surface area contributed by atoms with Crippen molar-refractivity contribution in [3.05, 3.63) is 58.3 Å². The van der Waals surface area contributed by atoms with Gasteiger partial charge in [0.1, 0.15) is 11.5 Å². The zero-order chi connectivity index (χ0) is 15.7. The Kier molecular flexibility index (Phi) is 3.98. The lowest BCUT2D eigenvalue weighted by atomic mass is 10.2. The van der Waals surface area contributed by atoms with Crippen molar-refractivity contribution >= 4 is 27.5 Å². The van der Waals surface area contributed by atoms with Gasteiger partial charge in [0.2, 0.25) is 0 Å². The monoisotopic (exact) mass is 316 g/mol. The molecule has 2 heterocycles. The smallest absolute Gasteiger partial charge is 0.267 e. The van der Waals surface area contributed by atoms with Gasteiger partial charge in [0.05, 0.1) is 10.2 Å². The fourth-order valence-corrected chi connectivity index (χ4v) is 3.55. The Labute approximate surface area is 132 Å². The Morgan fingerprint density at radius 2 is 2.14 bits per heavy atom. The summed E-state index contributed by atoms with van der Waals surface area (Å²) in [5.41, 5.74) is 2.48.